The van der Waals surface area contributed by atoms with Gasteiger partial charge in [-0.1, -0.05) is 85.0 Å². The number of carbonyl (C=O) groups excluding carboxylic acids is 2. The molecule has 0 aliphatic carbocycles. The van der Waals surface area contributed by atoms with Gasteiger partial charge in [-0.25, -0.2) is 4.98 Å². The second-order valence-corrected chi connectivity index (χ2v) is 12.7. The van der Waals surface area contributed by atoms with E-state index in [0.717, 1.165) is 24.0 Å². The lowest BCUT2D eigenvalue weighted by Crippen LogP contribution is -2.29. The van der Waals surface area contributed by atoms with Crippen LogP contribution in [0.4, 0.5) is 5.13 Å². The number of aliphatic hydroxyl groups is 1. The van der Waals surface area contributed by atoms with E-state index in [1.165, 1.54) is 28.0 Å². The van der Waals surface area contributed by atoms with Crippen LogP contribution in [0, 0.1) is 13.8 Å². The maximum atomic E-state index is 13.7. The van der Waals surface area contributed by atoms with E-state index in [9.17, 15) is 14.7 Å². The van der Waals surface area contributed by atoms with Crippen LogP contribution in [0.2, 0.25) is 0 Å². The molecule has 5 aromatic rings. The summed E-state index contributed by atoms with van der Waals surface area (Å²) in [5.41, 5.74) is 4.19. The Morgan fingerprint density at radius 2 is 1.80 bits per heavy atom. The molecule has 0 bridgehead atoms. The Hall–Kier alpha value is -4.48. The molecule has 1 amide bonds. The predicted molar refractivity (Wildman–Crippen MR) is 172 cm³/mol. The number of carbonyl (C=O) groups is 2. The molecule has 6 rings (SSSR count). The summed E-state index contributed by atoms with van der Waals surface area (Å²) in [6.45, 7) is 6.44. The summed E-state index contributed by atoms with van der Waals surface area (Å²) in [5.74, 6) is -0.556. The zero-order valence-corrected chi connectivity index (χ0v) is 26.2. The first kappa shape index (κ1) is 29.6. The predicted octanol–water partition coefficient (Wildman–Crippen LogP) is 6.90. The fourth-order valence-electron chi connectivity index (χ4n) is 5.18. The second-order valence-electron chi connectivity index (χ2n) is 10.5. The molecule has 2 aromatic carbocycles. The number of benzene rings is 2. The topological polar surface area (TPSA) is 110 Å². The number of ketones is 1. The molecule has 1 fully saturated rings. The largest absolute Gasteiger partial charge is 0.505 e. The zero-order chi connectivity index (χ0) is 30.8. The number of thioether (sulfide) groups is 1. The number of nitrogens with zero attached hydrogens (tertiary/aromatic N) is 5. The van der Waals surface area contributed by atoms with Crippen molar-refractivity contribution >= 4 is 51.3 Å². The number of unbranched alkanes of at least 4 members (excludes halogenated alkanes) is 1. The molecule has 4 heterocycles. The number of rotatable bonds is 10. The molecule has 1 saturated heterocycles. The summed E-state index contributed by atoms with van der Waals surface area (Å²) in [6.07, 6.45) is 3.80. The van der Waals surface area contributed by atoms with E-state index in [2.05, 4.69) is 22.1 Å². The lowest BCUT2D eigenvalue weighted by atomic mass is 9.96. The number of aryl methyl sites for hydroxylation is 2. The number of pyridine rings is 1. The first-order valence-electron chi connectivity index (χ1n) is 14.4. The van der Waals surface area contributed by atoms with Crippen molar-refractivity contribution in [3.63, 3.8) is 0 Å². The average molecular weight is 626 g/mol. The zero-order valence-electron chi connectivity index (χ0n) is 24.6. The van der Waals surface area contributed by atoms with Gasteiger partial charge in [0.2, 0.25) is 5.13 Å². The number of Topliss-reactive ketones (excluding diaryl/α,β-unsaturated/α-hetero) is 1. The lowest BCUT2D eigenvalue weighted by molar-refractivity contribution is -0.132. The molecule has 224 valence electrons. The lowest BCUT2D eigenvalue weighted by Gasteiger charge is -2.22. The number of hydrogen-bond donors (Lipinski definition) is 1. The van der Waals surface area contributed by atoms with E-state index < -0.39 is 17.7 Å². The molecule has 1 aliphatic heterocycles. The van der Waals surface area contributed by atoms with Crippen molar-refractivity contribution in [2.45, 2.75) is 49.7 Å². The minimum Gasteiger partial charge on any atom is -0.505 e. The van der Waals surface area contributed by atoms with E-state index in [-0.39, 0.29) is 22.2 Å². The van der Waals surface area contributed by atoms with E-state index in [1.807, 2.05) is 91.2 Å². The SMILES string of the molecule is CCCCOc1ccc(C2C(=C(O)c3nc4c(C)cccn4c3C)C(=O)C(=O)N2c2nnc(SCc3ccccc3)s2)cc1. The molecular weight excluding hydrogens is 595 g/mol. The summed E-state index contributed by atoms with van der Waals surface area (Å²) >= 11 is 2.74. The van der Waals surface area contributed by atoms with Crippen LogP contribution in [-0.4, -0.2) is 43.0 Å². The first-order chi connectivity index (χ1) is 21.4. The molecule has 1 atom stereocenters. The van der Waals surface area contributed by atoms with Crippen LogP contribution in [0.1, 0.15) is 53.9 Å². The van der Waals surface area contributed by atoms with E-state index in [1.54, 1.807) is 0 Å². The van der Waals surface area contributed by atoms with E-state index >= 15 is 0 Å². The van der Waals surface area contributed by atoms with Crippen molar-refractivity contribution in [2.75, 3.05) is 11.5 Å². The van der Waals surface area contributed by atoms with E-state index in [0.29, 0.717) is 39.4 Å². The third-order valence-corrected chi connectivity index (χ3v) is 9.65. The van der Waals surface area contributed by atoms with Gasteiger partial charge in [0.15, 0.2) is 10.1 Å². The average Bonchev–Trinajstić information content (AvgIpc) is 3.72. The Morgan fingerprint density at radius 3 is 2.52 bits per heavy atom. The van der Waals surface area contributed by atoms with Gasteiger partial charge in [-0.05, 0) is 55.2 Å². The normalized spacial score (nSPS) is 16.2. The Morgan fingerprint density at radius 1 is 1.02 bits per heavy atom. The summed E-state index contributed by atoms with van der Waals surface area (Å²) in [5, 5.41) is 20.6. The number of aromatic nitrogens is 4. The summed E-state index contributed by atoms with van der Waals surface area (Å²) in [6, 6.07) is 20.1. The highest BCUT2D eigenvalue weighted by molar-refractivity contribution is 8.00. The van der Waals surface area contributed by atoms with Crippen molar-refractivity contribution in [1.82, 2.24) is 19.6 Å². The maximum absolute atomic E-state index is 13.7. The van der Waals surface area contributed by atoms with Crippen molar-refractivity contribution in [3.05, 3.63) is 107 Å². The van der Waals surface area contributed by atoms with Crippen LogP contribution in [0.5, 0.6) is 5.75 Å². The molecule has 3 aromatic heterocycles. The molecule has 1 N–H and O–H groups in total. The number of fused-ring (bicyclic) bond motifs is 1. The summed E-state index contributed by atoms with van der Waals surface area (Å²) in [7, 11) is 0. The number of ether oxygens (including phenoxy) is 1. The van der Waals surface area contributed by atoms with Gasteiger partial charge < -0.3 is 14.2 Å². The first-order valence-corrected chi connectivity index (χ1v) is 16.2. The van der Waals surface area contributed by atoms with Gasteiger partial charge in [-0.2, -0.15) is 0 Å². The van der Waals surface area contributed by atoms with E-state index in [4.69, 9.17) is 4.74 Å². The molecule has 1 unspecified atom stereocenters. The van der Waals surface area contributed by atoms with Gasteiger partial charge in [0.05, 0.1) is 23.9 Å². The number of imidazole rings is 1. The third-order valence-electron chi connectivity index (χ3n) is 7.52. The quantitative estimate of drug-likeness (QED) is 0.0446. The maximum Gasteiger partial charge on any atom is 0.301 e. The van der Waals surface area contributed by atoms with Crippen molar-refractivity contribution in [1.29, 1.82) is 0 Å². The third kappa shape index (κ3) is 5.60. The van der Waals surface area contributed by atoms with Crippen LogP contribution < -0.4 is 9.64 Å². The summed E-state index contributed by atoms with van der Waals surface area (Å²) in [4.78, 5) is 33.4. The van der Waals surface area contributed by atoms with Crippen LogP contribution in [-0.2, 0) is 15.3 Å². The van der Waals surface area contributed by atoms with Gasteiger partial charge in [0, 0.05) is 11.9 Å². The van der Waals surface area contributed by atoms with Crippen molar-refractivity contribution in [2.24, 2.45) is 0 Å². The number of anilines is 1. The van der Waals surface area contributed by atoms with Crippen molar-refractivity contribution in [3.8, 4) is 5.75 Å². The Bertz CT molecular complexity index is 1860. The molecule has 1 aliphatic rings. The number of aliphatic hydroxyl groups excluding tert-OH is 1. The highest BCUT2D eigenvalue weighted by Crippen LogP contribution is 2.44. The monoisotopic (exact) mass is 625 g/mol. The Labute approximate surface area is 263 Å². The molecule has 9 nitrogen and oxygen atoms in total. The minimum absolute atomic E-state index is 0.0486. The van der Waals surface area contributed by atoms with Gasteiger partial charge in [0.25, 0.3) is 5.78 Å². The molecule has 0 spiro atoms. The minimum atomic E-state index is -0.940. The molecule has 11 heteroatoms. The van der Waals surface area contributed by atoms with Gasteiger partial charge in [0.1, 0.15) is 17.1 Å². The fraction of sp³-hybridized carbons (Fsp3) is 0.242. The van der Waals surface area contributed by atoms with Gasteiger partial charge in [-0.15, -0.1) is 10.2 Å². The molecule has 44 heavy (non-hydrogen) atoms. The Kier molecular flexibility index (Phi) is 8.49. The highest BCUT2D eigenvalue weighted by atomic mass is 32.2. The highest BCUT2D eigenvalue weighted by Gasteiger charge is 2.49. The van der Waals surface area contributed by atoms with Crippen LogP contribution in [0.3, 0.4) is 0 Å². The number of amides is 1. The standard InChI is InChI=1S/C33H31N5O4S2/c1-4-5-18-42-24-15-13-23(14-16-24)27-25(28(39)26-21(3)37-17-9-10-20(2)30(37)34-26)29(40)31(41)38(27)32-35-36-33(44-32)43-19-22-11-7-6-8-12-22/h6-17,27,39H,4-5,18-19H2,1-3H3. The fourth-order valence-corrected chi connectivity index (χ4v) is 7.00. The smallest absolute Gasteiger partial charge is 0.301 e. The Balaban J connectivity index is 1.42. The van der Waals surface area contributed by atoms with Crippen molar-refractivity contribution < 1.29 is 19.4 Å². The second kappa shape index (κ2) is 12.6. The number of hydrogen-bond acceptors (Lipinski definition) is 9. The van der Waals surface area contributed by atoms with Crippen LogP contribution in [0.15, 0.2) is 82.8 Å². The van der Waals surface area contributed by atoms with Crippen LogP contribution >= 0.6 is 23.1 Å². The molecule has 0 saturated carbocycles. The van der Waals surface area contributed by atoms with Crippen LogP contribution in [0.25, 0.3) is 11.4 Å². The van der Waals surface area contributed by atoms with Gasteiger partial charge >= 0.3 is 5.91 Å². The molecule has 0 radical (unpaired) electrons. The molecular formula is C33H31N5O4S2. The van der Waals surface area contributed by atoms with Gasteiger partial charge in [-0.3, -0.25) is 14.5 Å². The summed E-state index contributed by atoms with van der Waals surface area (Å²) < 4.78 is 8.37.